The van der Waals surface area contributed by atoms with Gasteiger partial charge in [-0.15, -0.1) is 11.3 Å². The van der Waals surface area contributed by atoms with Crippen molar-refractivity contribution in [2.45, 2.75) is 25.2 Å². The molecule has 0 aliphatic rings. The van der Waals surface area contributed by atoms with E-state index in [2.05, 4.69) is 14.9 Å². The highest BCUT2D eigenvalue weighted by Crippen LogP contribution is 2.25. The molecule has 0 atom stereocenters. The molecule has 9 heteroatoms. The van der Waals surface area contributed by atoms with Crippen LogP contribution in [0.4, 0.5) is 0 Å². The smallest absolute Gasteiger partial charge is 0.241 e. The molecule has 0 aliphatic carbocycles. The Morgan fingerprint density at radius 3 is 2.62 bits per heavy atom. The minimum atomic E-state index is -3.65. The van der Waals surface area contributed by atoms with Crippen LogP contribution in [0.15, 0.2) is 39.1 Å². The fourth-order valence-corrected chi connectivity index (χ4v) is 4.81. The van der Waals surface area contributed by atoms with Crippen LogP contribution in [-0.4, -0.2) is 32.2 Å². The quantitative estimate of drug-likeness (QED) is 0.663. The summed E-state index contributed by atoms with van der Waals surface area (Å²) in [5.41, 5.74) is 1.26. The first kappa shape index (κ1) is 18.6. The molecule has 26 heavy (non-hydrogen) atoms. The number of nitrogens with one attached hydrogen (secondary N) is 1. The maximum Gasteiger partial charge on any atom is 0.241 e. The predicted molar refractivity (Wildman–Crippen MR) is 99.0 cm³/mol. The highest BCUT2D eigenvalue weighted by Gasteiger charge is 2.20. The largest absolute Gasteiger partial charge is 0.497 e. The molecular weight excluding hydrogens is 374 g/mol. The molecule has 0 saturated carbocycles. The van der Waals surface area contributed by atoms with Crippen molar-refractivity contribution in [3.05, 3.63) is 46.7 Å². The average Bonchev–Trinajstić information content (AvgIpc) is 3.24. The molecule has 3 aromatic rings. The van der Waals surface area contributed by atoms with Crippen molar-refractivity contribution in [3.8, 4) is 16.5 Å². The van der Waals surface area contributed by atoms with Crippen LogP contribution in [0.5, 0.6) is 5.75 Å². The van der Waals surface area contributed by atoms with Gasteiger partial charge in [-0.1, -0.05) is 11.2 Å². The van der Waals surface area contributed by atoms with Crippen molar-refractivity contribution in [1.82, 2.24) is 14.9 Å². The molecule has 0 bridgehead atoms. The van der Waals surface area contributed by atoms with Crippen LogP contribution in [0.3, 0.4) is 0 Å². The van der Waals surface area contributed by atoms with E-state index in [0.717, 1.165) is 4.88 Å². The lowest BCUT2D eigenvalue weighted by atomic mass is 10.1. The number of aromatic nitrogens is 2. The van der Waals surface area contributed by atoms with E-state index in [9.17, 15) is 8.42 Å². The van der Waals surface area contributed by atoms with Crippen molar-refractivity contribution in [2.75, 3.05) is 13.7 Å². The number of sulfonamides is 1. The summed E-state index contributed by atoms with van der Waals surface area (Å²) in [6, 6.07) is 7.21. The highest BCUT2D eigenvalue weighted by atomic mass is 32.2. The molecule has 7 nitrogen and oxygen atoms in total. The van der Waals surface area contributed by atoms with Crippen molar-refractivity contribution in [1.29, 1.82) is 0 Å². The Bertz CT molecular complexity index is 972. The minimum absolute atomic E-state index is 0.166. The van der Waals surface area contributed by atoms with Gasteiger partial charge in [0.15, 0.2) is 0 Å². The monoisotopic (exact) mass is 393 g/mol. The third-order valence-corrected chi connectivity index (χ3v) is 6.41. The third-order valence-electron chi connectivity index (χ3n) is 3.78. The zero-order valence-corrected chi connectivity index (χ0v) is 16.3. The number of nitrogens with zero attached hydrogens (tertiary/aromatic N) is 2. The number of hydrogen-bond acceptors (Lipinski definition) is 7. The summed E-state index contributed by atoms with van der Waals surface area (Å²) in [5.74, 6) is 1.53. The zero-order valence-electron chi connectivity index (χ0n) is 14.6. The first-order chi connectivity index (χ1) is 12.4. The van der Waals surface area contributed by atoms with E-state index in [1.165, 1.54) is 11.3 Å². The molecule has 2 heterocycles. The minimum Gasteiger partial charge on any atom is -0.497 e. The molecular formula is C17H19N3O4S2. The second-order valence-corrected chi connectivity index (χ2v) is 8.38. The zero-order chi connectivity index (χ0) is 18.7. The lowest BCUT2D eigenvalue weighted by molar-refractivity contribution is 0.379. The lowest BCUT2D eigenvalue weighted by Crippen LogP contribution is -2.27. The lowest BCUT2D eigenvalue weighted by Gasteiger charge is -2.13. The molecule has 1 aromatic carbocycles. The van der Waals surface area contributed by atoms with E-state index in [1.807, 2.05) is 17.5 Å². The van der Waals surface area contributed by atoms with Crippen LogP contribution < -0.4 is 9.46 Å². The molecule has 0 radical (unpaired) electrons. The summed E-state index contributed by atoms with van der Waals surface area (Å²) in [5, 5.41) is 5.84. The summed E-state index contributed by atoms with van der Waals surface area (Å²) in [4.78, 5) is 5.46. The number of benzene rings is 1. The number of hydrogen-bond donors (Lipinski definition) is 1. The highest BCUT2D eigenvalue weighted by molar-refractivity contribution is 7.89. The molecule has 0 amide bonds. The molecule has 1 N–H and O–H groups in total. The number of aryl methyl sites for hydroxylation is 2. The van der Waals surface area contributed by atoms with Crippen LogP contribution >= 0.6 is 11.3 Å². The molecule has 0 unspecified atom stereocenters. The summed E-state index contributed by atoms with van der Waals surface area (Å²) in [7, 11) is -2.10. The summed E-state index contributed by atoms with van der Waals surface area (Å²) >= 11 is 1.51. The molecule has 0 fully saturated rings. The fraction of sp³-hybridized carbons (Fsp3) is 0.294. The molecule has 0 saturated heterocycles. The van der Waals surface area contributed by atoms with Gasteiger partial charge in [0.05, 0.1) is 16.9 Å². The Balaban J connectivity index is 1.68. The van der Waals surface area contributed by atoms with E-state index in [1.54, 1.807) is 33.1 Å². The second-order valence-electron chi connectivity index (χ2n) is 5.73. The average molecular weight is 393 g/mol. The Morgan fingerprint density at radius 1 is 1.27 bits per heavy atom. The fourth-order valence-electron chi connectivity index (χ4n) is 2.68. The molecule has 2 aromatic heterocycles. The van der Waals surface area contributed by atoms with Gasteiger partial charge in [-0.3, -0.25) is 0 Å². The van der Waals surface area contributed by atoms with Gasteiger partial charge >= 0.3 is 0 Å². The van der Waals surface area contributed by atoms with Gasteiger partial charge in [-0.2, -0.15) is 4.98 Å². The van der Waals surface area contributed by atoms with Crippen molar-refractivity contribution in [2.24, 2.45) is 0 Å². The van der Waals surface area contributed by atoms with Crippen LogP contribution in [0.1, 0.15) is 17.0 Å². The Kier molecular flexibility index (Phi) is 5.40. The summed E-state index contributed by atoms with van der Waals surface area (Å²) in [6.07, 6.45) is 0.311. The topological polar surface area (TPSA) is 94.3 Å². The van der Waals surface area contributed by atoms with E-state index in [0.29, 0.717) is 35.0 Å². The van der Waals surface area contributed by atoms with Crippen LogP contribution in [0, 0.1) is 13.8 Å². The maximum atomic E-state index is 12.6. The van der Waals surface area contributed by atoms with E-state index in [-0.39, 0.29) is 11.4 Å². The first-order valence-corrected chi connectivity index (χ1v) is 10.3. The molecule has 3 rings (SSSR count). The van der Waals surface area contributed by atoms with E-state index >= 15 is 0 Å². The van der Waals surface area contributed by atoms with Crippen LogP contribution in [0.2, 0.25) is 0 Å². The van der Waals surface area contributed by atoms with Gasteiger partial charge in [0.1, 0.15) is 5.75 Å². The standard InChI is InChI=1S/C17H19N3O4S2/c1-11-9-13(23-3)10-12(2)16(11)26(21,22)18-7-6-15-19-17(20-24-15)14-5-4-8-25-14/h4-5,8-10,18H,6-7H2,1-3H3. The third kappa shape index (κ3) is 3.95. The predicted octanol–water partition coefficient (Wildman–Crippen LogP) is 2.94. The number of ether oxygens (including phenoxy) is 1. The Morgan fingerprint density at radius 2 is 2.00 bits per heavy atom. The number of methoxy groups -OCH3 is 1. The van der Waals surface area contributed by atoms with E-state index < -0.39 is 10.0 Å². The summed E-state index contributed by atoms with van der Waals surface area (Å²) in [6.45, 7) is 3.66. The summed E-state index contributed by atoms with van der Waals surface area (Å²) < 4.78 is 38.2. The van der Waals surface area contributed by atoms with Gasteiger partial charge in [0.2, 0.25) is 21.7 Å². The Hall–Kier alpha value is -2.23. The maximum absolute atomic E-state index is 12.6. The van der Waals surface area contributed by atoms with E-state index in [4.69, 9.17) is 9.26 Å². The van der Waals surface area contributed by atoms with Gasteiger partial charge in [0, 0.05) is 13.0 Å². The van der Waals surface area contributed by atoms with Crippen molar-refractivity contribution < 1.29 is 17.7 Å². The van der Waals surface area contributed by atoms with Gasteiger partial charge in [-0.05, 0) is 48.6 Å². The van der Waals surface area contributed by atoms with Crippen molar-refractivity contribution >= 4 is 21.4 Å². The Labute approximate surface area is 156 Å². The SMILES string of the molecule is COc1cc(C)c(S(=O)(=O)NCCc2nc(-c3cccs3)no2)c(C)c1. The molecule has 0 aliphatic heterocycles. The first-order valence-electron chi connectivity index (χ1n) is 7.92. The van der Waals surface area contributed by atoms with Crippen molar-refractivity contribution in [3.63, 3.8) is 0 Å². The molecule has 138 valence electrons. The van der Waals surface area contributed by atoms with Crippen LogP contribution in [0.25, 0.3) is 10.7 Å². The number of rotatable bonds is 7. The van der Waals surface area contributed by atoms with Gasteiger partial charge in [-0.25, -0.2) is 13.1 Å². The normalized spacial score (nSPS) is 11.7. The van der Waals surface area contributed by atoms with Gasteiger partial charge < -0.3 is 9.26 Å². The second kappa shape index (κ2) is 7.56. The molecule has 0 spiro atoms. The van der Waals surface area contributed by atoms with Crippen LogP contribution in [-0.2, 0) is 16.4 Å². The van der Waals surface area contributed by atoms with Gasteiger partial charge in [0.25, 0.3) is 0 Å². The number of thiophene rings is 1.